The lowest BCUT2D eigenvalue weighted by molar-refractivity contribution is -0.136. The lowest BCUT2D eigenvalue weighted by atomic mass is 9.85. The molecule has 0 unspecified atom stereocenters. The van der Waals surface area contributed by atoms with Gasteiger partial charge in [-0.15, -0.1) is 0 Å². The number of alkyl carbamates (subject to hydrolysis) is 1. The molecule has 1 atom stereocenters. The molecule has 6 heteroatoms. The summed E-state index contributed by atoms with van der Waals surface area (Å²) in [5.74, 6) is -0.0559. The Morgan fingerprint density at radius 2 is 2.00 bits per heavy atom. The zero-order valence-electron chi connectivity index (χ0n) is 12.7. The Morgan fingerprint density at radius 1 is 1.35 bits per heavy atom. The van der Waals surface area contributed by atoms with E-state index in [0.29, 0.717) is 0 Å². The van der Waals surface area contributed by atoms with Crippen LogP contribution in [0.25, 0.3) is 0 Å². The van der Waals surface area contributed by atoms with Gasteiger partial charge in [-0.1, -0.05) is 0 Å². The summed E-state index contributed by atoms with van der Waals surface area (Å²) in [7, 11) is 0. The quantitative estimate of drug-likeness (QED) is 0.826. The Balaban J connectivity index is 1.82. The first kappa shape index (κ1) is 15.1. The van der Waals surface area contributed by atoms with Gasteiger partial charge in [0.25, 0.3) is 0 Å². The predicted octanol–water partition coefficient (Wildman–Crippen LogP) is 1.15. The van der Waals surface area contributed by atoms with Gasteiger partial charge in [0.1, 0.15) is 11.6 Å². The molecule has 0 radical (unpaired) electrons. The van der Waals surface area contributed by atoms with Crippen LogP contribution in [-0.2, 0) is 14.3 Å². The van der Waals surface area contributed by atoms with Crippen molar-refractivity contribution >= 4 is 12.0 Å². The molecule has 114 valence electrons. The normalized spacial score (nSPS) is 22.3. The van der Waals surface area contributed by atoms with Gasteiger partial charge >= 0.3 is 6.09 Å². The summed E-state index contributed by atoms with van der Waals surface area (Å²) in [6.45, 7) is 10.0. The molecule has 1 N–H and O–H groups in total. The monoisotopic (exact) mass is 284 g/mol. The predicted molar refractivity (Wildman–Crippen MR) is 73.3 cm³/mol. The molecule has 1 spiro atoms. The van der Waals surface area contributed by atoms with Crippen LogP contribution >= 0.6 is 0 Å². The standard InChI is InChI=1S/C14H24N2O4/c1-10(15-12(18)20-13(2,3)4)11(17)16-6-5-14(7-16)8-19-9-14/h10H,5-9H2,1-4H3,(H,15,18)/t10-/m1/s1. The van der Waals surface area contributed by atoms with Gasteiger partial charge in [-0.25, -0.2) is 4.79 Å². The number of carbonyl (C=O) groups excluding carboxylic acids is 2. The maximum atomic E-state index is 12.3. The Morgan fingerprint density at radius 3 is 2.45 bits per heavy atom. The average Bonchev–Trinajstić information content (AvgIpc) is 2.69. The number of nitrogens with one attached hydrogen (secondary N) is 1. The van der Waals surface area contributed by atoms with Crippen LogP contribution < -0.4 is 5.32 Å². The van der Waals surface area contributed by atoms with E-state index >= 15 is 0 Å². The molecular weight excluding hydrogens is 260 g/mol. The number of ether oxygens (including phenoxy) is 2. The molecule has 2 fully saturated rings. The molecule has 0 aromatic heterocycles. The second-order valence-electron chi connectivity index (χ2n) is 6.87. The molecule has 2 saturated heterocycles. The van der Waals surface area contributed by atoms with Gasteiger partial charge in [0.15, 0.2) is 0 Å². The summed E-state index contributed by atoms with van der Waals surface area (Å²) in [4.78, 5) is 25.8. The van der Waals surface area contributed by atoms with Crippen molar-refractivity contribution in [3.63, 3.8) is 0 Å². The third-order valence-electron chi connectivity index (χ3n) is 3.67. The summed E-state index contributed by atoms with van der Waals surface area (Å²) in [5.41, 5.74) is -0.394. The Hall–Kier alpha value is -1.30. The van der Waals surface area contributed by atoms with Gasteiger partial charge in [-0.2, -0.15) is 0 Å². The summed E-state index contributed by atoms with van der Waals surface area (Å²) >= 11 is 0. The molecule has 0 aromatic carbocycles. The van der Waals surface area contributed by atoms with Gasteiger partial charge in [-0.05, 0) is 34.1 Å². The van der Waals surface area contributed by atoms with E-state index in [2.05, 4.69) is 5.32 Å². The fraction of sp³-hybridized carbons (Fsp3) is 0.857. The van der Waals surface area contributed by atoms with Gasteiger partial charge in [0.2, 0.25) is 5.91 Å². The van der Waals surface area contributed by atoms with Crippen molar-refractivity contribution in [2.75, 3.05) is 26.3 Å². The number of likely N-dealkylation sites (tertiary alicyclic amines) is 1. The first-order chi connectivity index (χ1) is 9.21. The van der Waals surface area contributed by atoms with Gasteiger partial charge < -0.3 is 19.7 Å². The summed E-state index contributed by atoms with van der Waals surface area (Å²) in [6, 6.07) is -0.569. The highest BCUT2D eigenvalue weighted by atomic mass is 16.6. The minimum Gasteiger partial charge on any atom is -0.444 e. The van der Waals surface area contributed by atoms with E-state index in [0.717, 1.165) is 32.7 Å². The van der Waals surface area contributed by atoms with Crippen LogP contribution in [0.15, 0.2) is 0 Å². The summed E-state index contributed by atoms with van der Waals surface area (Å²) in [6.07, 6.45) is 0.428. The number of rotatable bonds is 2. The van der Waals surface area contributed by atoms with E-state index in [1.54, 1.807) is 27.7 Å². The Kier molecular flexibility index (Phi) is 3.95. The molecular formula is C14H24N2O4. The Labute approximate surface area is 119 Å². The smallest absolute Gasteiger partial charge is 0.408 e. The number of nitrogens with zero attached hydrogens (tertiary/aromatic N) is 1. The van der Waals surface area contributed by atoms with Crippen molar-refractivity contribution in [2.45, 2.75) is 45.8 Å². The van der Waals surface area contributed by atoms with Crippen LogP contribution in [0, 0.1) is 5.41 Å². The fourth-order valence-corrected chi connectivity index (χ4v) is 2.57. The zero-order valence-corrected chi connectivity index (χ0v) is 12.7. The van der Waals surface area contributed by atoms with Crippen molar-refractivity contribution in [3.8, 4) is 0 Å². The second kappa shape index (κ2) is 5.24. The van der Waals surface area contributed by atoms with Crippen LogP contribution in [0.2, 0.25) is 0 Å². The second-order valence-corrected chi connectivity index (χ2v) is 6.87. The van der Waals surface area contributed by atoms with E-state index in [9.17, 15) is 9.59 Å². The van der Waals surface area contributed by atoms with Crippen LogP contribution in [0.1, 0.15) is 34.1 Å². The van der Waals surface area contributed by atoms with Crippen molar-refractivity contribution in [3.05, 3.63) is 0 Å². The fourth-order valence-electron chi connectivity index (χ4n) is 2.57. The van der Waals surface area contributed by atoms with Crippen molar-refractivity contribution in [2.24, 2.45) is 5.41 Å². The lowest BCUT2D eigenvalue weighted by Gasteiger charge is -2.37. The SMILES string of the molecule is C[C@@H](NC(=O)OC(C)(C)C)C(=O)N1CCC2(COC2)C1. The van der Waals surface area contributed by atoms with Gasteiger partial charge in [-0.3, -0.25) is 4.79 Å². The van der Waals surface area contributed by atoms with Crippen LogP contribution in [0.4, 0.5) is 4.79 Å². The minimum atomic E-state index is -0.569. The van der Waals surface area contributed by atoms with E-state index in [1.807, 2.05) is 4.90 Å². The highest BCUT2D eigenvalue weighted by Crippen LogP contribution is 2.37. The molecule has 0 aromatic rings. The lowest BCUT2D eigenvalue weighted by Crippen LogP contribution is -2.50. The first-order valence-electron chi connectivity index (χ1n) is 7.07. The van der Waals surface area contributed by atoms with Crippen LogP contribution in [0.5, 0.6) is 0 Å². The van der Waals surface area contributed by atoms with E-state index in [4.69, 9.17) is 9.47 Å². The molecule has 6 nitrogen and oxygen atoms in total. The molecule has 0 aliphatic carbocycles. The Bertz CT molecular complexity index is 398. The molecule has 2 rings (SSSR count). The van der Waals surface area contributed by atoms with Crippen LogP contribution in [0.3, 0.4) is 0 Å². The molecule has 2 heterocycles. The first-order valence-corrected chi connectivity index (χ1v) is 7.07. The highest BCUT2D eigenvalue weighted by molar-refractivity contribution is 5.85. The van der Waals surface area contributed by atoms with E-state index in [1.165, 1.54) is 0 Å². The van der Waals surface area contributed by atoms with Crippen LogP contribution in [-0.4, -0.2) is 54.8 Å². The zero-order chi connectivity index (χ0) is 15.0. The topological polar surface area (TPSA) is 67.9 Å². The summed E-state index contributed by atoms with van der Waals surface area (Å²) < 4.78 is 10.4. The largest absolute Gasteiger partial charge is 0.444 e. The van der Waals surface area contributed by atoms with Crippen molar-refractivity contribution in [1.29, 1.82) is 0 Å². The summed E-state index contributed by atoms with van der Waals surface area (Å²) in [5, 5.41) is 2.59. The minimum absolute atomic E-state index is 0.0559. The number of hydrogen-bond acceptors (Lipinski definition) is 4. The van der Waals surface area contributed by atoms with E-state index < -0.39 is 17.7 Å². The van der Waals surface area contributed by atoms with Gasteiger partial charge in [0, 0.05) is 18.5 Å². The average molecular weight is 284 g/mol. The van der Waals surface area contributed by atoms with E-state index in [-0.39, 0.29) is 11.3 Å². The maximum absolute atomic E-state index is 12.3. The molecule has 2 amide bonds. The molecule has 20 heavy (non-hydrogen) atoms. The number of amides is 2. The van der Waals surface area contributed by atoms with Gasteiger partial charge in [0.05, 0.1) is 13.2 Å². The number of hydrogen-bond donors (Lipinski definition) is 1. The maximum Gasteiger partial charge on any atom is 0.408 e. The molecule has 2 aliphatic heterocycles. The number of carbonyl (C=O) groups is 2. The molecule has 0 bridgehead atoms. The van der Waals surface area contributed by atoms with Crippen molar-refractivity contribution < 1.29 is 19.1 Å². The molecule has 0 saturated carbocycles. The molecule has 2 aliphatic rings. The highest BCUT2D eigenvalue weighted by Gasteiger charge is 2.46. The van der Waals surface area contributed by atoms with Crippen molar-refractivity contribution in [1.82, 2.24) is 10.2 Å². The third-order valence-corrected chi connectivity index (χ3v) is 3.67. The third kappa shape index (κ3) is 3.42.